The summed E-state index contributed by atoms with van der Waals surface area (Å²) >= 11 is 0. The Kier molecular flexibility index (Phi) is 7.86. The van der Waals surface area contributed by atoms with Crippen LogP contribution in [0.2, 0.25) is 0 Å². The minimum absolute atomic E-state index is 0.0271. The molecule has 0 radical (unpaired) electrons. The molecule has 0 saturated heterocycles. The maximum absolute atomic E-state index is 13.3. The molecule has 0 bridgehead atoms. The minimum Gasteiger partial charge on any atom is -0.455 e. The number of rotatable bonds is 9. The lowest BCUT2D eigenvalue weighted by atomic mass is 10.2. The molecule has 0 fully saturated rings. The number of carbonyl (C=O) groups excluding carboxylic acids is 2. The van der Waals surface area contributed by atoms with Crippen molar-refractivity contribution in [2.24, 2.45) is 0 Å². The number of amides is 1. The summed E-state index contributed by atoms with van der Waals surface area (Å²) in [5.41, 5.74) is 1.51. The summed E-state index contributed by atoms with van der Waals surface area (Å²) in [6.45, 7) is 2.95. The van der Waals surface area contributed by atoms with Gasteiger partial charge in [-0.25, -0.2) is 12.8 Å². The number of benzene rings is 2. The van der Waals surface area contributed by atoms with Crippen molar-refractivity contribution in [3.05, 3.63) is 65.5 Å². The largest absolute Gasteiger partial charge is 0.455 e. The Morgan fingerprint density at radius 1 is 1.14 bits per heavy atom. The molecule has 1 amide bonds. The van der Waals surface area contributed by atoms with Crippen molar-refractivity contribution in [1.82, 2.24) is 9.62 Å². The van der Waals surface area contributed by atoms with Crippen molar-refractivity contribution in [3.63, 3.8) is 0 Å². The van der Waals surface area contributed by atoms with Gasteiger partial charge in [0.15, 0.2) is 6.61 Å². The van der Waals surface area contributed by atoms with E-state index in [1.54, 1.807) is 31.2 Å². The highest BCUT2D eigenvalue weighted by atomic mass is 32.2. The van der Waals surface area contributed by atoms with Gasteiger partial charge >= 0.3 is 5.97 Å². The van der Waals surface area contributed by atoms with Crippen LogP contribution < -0.4 is 4.72 Å². The third-order valence-corrected chi connectivity index (χ3v) is 5.51. The molecule has 2 aromatic rings. The Morgan fingerprint density at radius 2 is 1.83 bits per heavy atom. The Hall–Kier alpha value is -2.78. The average Bonchev–Trinajstić information content (AvgIpc) is 2.69. The fraction of sp³-hybridized carbons (Fsp3) is 0.300. The third kappa shape index (κ3) is 6.95. The zero-order chi connectivity index (χ0) is 21.4. The first kappa shape index (κ1) is 22.5. The number of nitrogens with one attached hydrogen (secondary N) is 1. The predicted molar refractivity (Wildman–Crippen MR) is 105 cm³/mol. The molecular weight excluding hydrogens is 399 g/mol. The van der Waals surface area contributed by atoms with Crippen LogP contribution in [0.3, 0.4) is 0 Å². The average molecular weight is 422 g/mol. The van der Waals surface area contributed by atoms with Gasteiger partial charge in [-0.15, -0.1) is 0 Å². The van der Waals surface area contributed by atoms with E-state index in [0.29, 0.717) is 12.1 Å². The van der Waals surface area contributed by atoms with E-state index in [1.165, 1.54) is 29.2 Å². The van der Waals surface area contributed by atoms with Gasteiger partial charge in [-0.1, -0.05) is 29.8 Å². The van der Waals surface area contributed by atoms with Crippen LogP contribution in [-0.4, -0.2) is 44.9 Å². The first-order chi connectivity index (χ1) is 13.7. The van der Waals surface area contributed by atoms with E-state index in [1.807, 2.05) is 6.92 Å². The Morgan fingerprint density at radius 3 is 2.45 bits per heavy atom. The number of hydrogen-bond donors (Lipinski definition) is 1. The summed E-state index contributed by atoms with van der Waals surface area (Å²) in [7, 11) is -3.86. The first-order valence-electron chi connectivity index (χ1n) is 8.95. The Bertz CT molecular complexity index is 961. The number of ether oxygens (including phenoxy) is 1. The van der Waals surface area contributed by atoms with E-state index >= 15 is 0 Å². The van der Waals surface area contributed by atoms with Crippen molar-refractivity contribution in [2.75, 3.05) is 19.7 Å². The Balaban J connectivity index is 1.84. The molecular formula is C20H23FN2O5S. The summed E-state index contributed by atoms with van der Waals surface area (Å²) in [6.07, 6.45) is 0. The van der Waals surface area contributed by atoms with Gasteiger partial charge in [0.1, 0.15) is 12.4 Å². The lowest BCUT2D eigenvalue weighted by molar-refractivity contribution is -0.151. The monoisotopic (exact) mass is 422 g/mol. The number of hydrogen-bond acceptors (Lipinski definition) is 5. The number of aryl methyl sites for hydroxylation is 1. The van der Waals surface area contributed by atoms with E-state index < -0.39 is 40.9 Å². The number of halogens is 1. The van der Waals surface area contributed by atoms with Crippen LogP contribution in [0.1, 0.15) is 18.1 Å². The second-order valence-electron chi connectivity index (χ2n) is 6.34. The molecule has 1 N–H and O–H groups in total. The zero-order valence-corrected chi connectivity index (χ0v) is 17.0. The smallest absolute Gasteiger partial charge is 0.321 e. The number of likely N-dealkylation sites (N-methyl/N-ethyl adjacent to an activating group) is 1. The number of nitrogens with zero attached hydrogens (tertiary/aromatic N) is 1. The minimum atomic E-state index is -3.86. The lowest BCUT2D eigenvalue weighted by Crippen LogP contribution is -2.36. The van der Waals surface area contributed by atoms with Gasteiger partial charge in [0, 0.05) is 13.1 Å². The maximum Gasteiger partial charge on any atom is 0.321 e. The predicted octanol–water partition coefficient (Wildman–Crippen LogP) is 2.00. The highest BCUT2D eigenvalue weighted by molar-refractivity contribution is 7.89. The van der Waals surface area contributed by atoms with Gasteiger partial charge in [-0.05, 0) is 43.7 Å². The zero-order valence-electron chi connectivity index (χ0n) is 16.2. The Labute approximate surface area is 169 Å². The van der Waals surface area contributed by atoms with Gasteiger partial charge in [0.2, 0.25) is 10.0 Å². The van der Waals surface area contributed by atoms with Crippen LogP contribution in [-0.2, 0) is 30.9 Å². The summed E-state index contributed by atoms with van der Waals surface area (Å²) in [6, 6.07) is 12.0. The summed E-state index contributed by atoms with van der Waals surface area (Å²) in [5, 5.41) is 0. The fourth-order valence-electron chi connectivity index (χ4n) is 2.47. The maximum atomic E-state index is 13.3. The number of sulfonamides is 1. The van der Waals surface area contributed by atoms with Crippen molar-refractivity contribution < 1.29 is 27.1 Å². The van der Waals surface area contributed by atoms with Crippen LogP contribution in [0, 0.1) is 12.7 Å². The SMILES string of the molecule is CCN(Cc1cccc(F)c1)C(=O)COC(=O)CNS(=O)(=O)c1ccc(C)cc1. The molecule has 2 aromatic carbocycles. The second-order valence-corrected chi connectivity index (χ2v) is 8.10. The van der Waals surface area contributed by atoms with E-state index in [2.05, 4.69) is 4.72 Å². The van der Waals surface area contributed by atoms with E-state index in [9.17, 15) is 22.4 Å². The van der Waals surface area contributed by atoms with Crippen LogP contribution in [0.15, 0.2) is 53.4 Å². The highest BCUT2D eigenvalue weighted by Crippen LogP contribution is 2.10. The van der Waals surface area contributed by atoms with Crippen molar-refractivity contribution >= 4 is 21.9 Å². The van der Waals surface area contributed by atoms with Crippen molar-refractivity contribution in [3.8, 4) is 0 Å². The van der Waals surface area contributed by atoms with E-state index in [4.69, 9.17) is 4.74 Å². The standard InChI is InChI=1S/C20H23FN2O5S/c1-3-23(13-16-5-4-6-17(21)11-16)19(24)14-28-20(25)12-22-29(26,27)18-9-7-15(2)8-10-18/h4-11,22H,3,12-14H2,1-2H3. The van der Waals surface area contributed by atoms with Gasteiger partial charge in [-0.3, -0.25) is 9.59 Å². The molecule has 0 spiro atoms. The van der Waals surface area contributed by atoms with Crippen LogP contribution in [0.5, 0.6) is 0 Å². The molecule has 7 nitrogen and oxygen atoms in total. The van der Waals surface area contributed by atoms with E-state index in [-0.39, 0.29) is 11.4 Å². The lowest BCUT2D eigenvalue weighted by Gasteiger charge is -2.21. The first-order valence-corrected chi connectivity index (χ1v) is 10.4. The molecule has 0 aliphatic carbocycles. The van der Waals surface area contributed by atoms with Crippen LogP contribution in [0.4, 0.5) is 4.39 Å². The molecule has 9 heteroatoms. The fourth-order valence-corrected chi connectivity index (χ4v) is 3.44. The molecule has 0 aromatic heterocycles. The van der Waals surface area contributed by atoms with Gasteiger partial charge in [0.05, 0.1) is 4.90 Å². The van der Waals surface area contributed by atoms with Crippen molar-refractivity contribution in [1.29, 1.82) is 0 Å². The summed E-state index contributed by atoms with van der Waals surface area (Å²) < 4.78 is 44.6. The molecule has 0 unspecified atom stereocenters. The molecule has 156 valence electrons. The number of esters is 1. The topological polar surface area (TPSA) is 92.8 Å². The van der Waals surface area contributed by atoms with Gasteiger partial charge in [-0.2, -0.15) is 4.72 Å². The number of carbonyl (C=O) groups is 2. The normalized spacial score (nSPS) is 11.1. The molecule has 0 atom stereocenters. The quantitative estimate of drug-likeness (QED) is 0.624. The van der Waals surface area contributed by atoms with Crippen molar-refractivity contribution in [2.45, 2.75) is 25.3 Å². The van der Waals surface area contributed by atoms with Gasteiger partial charge in [0.25, 0.3) is 5.91 Å². The highest BCUT2D eigenvalue weighted by Gasteiger charge is 2.18. The van der Waals surface area contributed by atoms with Crippen LogP contribution >= 0.6 is 0 Å². The molecule has 0 aliphatic heterocycles. The van der Waals surface area contributed by atoms with Crippen LogP contribution in [0.25, 0.3) is 0 Å². The summed E-state index contributed by atoms with van der Waals surface area (Å²) in [4.78, 5) is 25.5. The molecule has 2 rings (SSSR count). The molecule has 0 heterocycles. The molecule has 29 heavy (non-hydrogen) atoms. The molecule has 0 saturated carbocycles. The van der Waals surface area contributed by atoms with E-state index in [0.717, 1.165) is 5.56 Å². The summed E-state index contributed by atoms with van der Waals surface area (Å²) in [5.74, 6) is -1.75. The second kappa shape index (κ2) is 10.1. The third-order valence-electron chi connectivity index (χ3n) is 4.09. The van der Waals surface area contributed by atoms with Gasteiger partial charge < -0.3 is 9.64 Å². The molecule has 0 aliphatic rings.